The standard InChI is InChI=1S/C35H69NO2/c1-4-6-8-10-12-14-16-18-20-22-24-26-28-30-34(37)33(32-36-3)35(38)31-29-27-25-23-21-19-17-15-13-11-9-7-5-2/h33,36H,4-32H2,1-3H3. The van der Waals surface area contributed by atoms with E-state index in [0.717, 1.165) is 25.7 Å². The first-order valence-electron chi connectivity index (χ1n) is 17.4. The van der Waals surface area contributed by atoms with Crippen LogP contribution in [0.25, 0.3) is 0 Å². The van der Waals surface area contributed by atoms with Crippen molar-refractivity contribution in [2.24, 2.45) is 5.92 Å². The number of hydrogen-bond donors (Lipinski definition) is 1. The van der Waals surface area contributed by atoms with E-state index in [0.29, 0.717) is 19.4 Å². The van der Waals surface area contributed by atoms with Crippen LogP contribution in [0, 0.1) is 5.92 Å². The number of unbranched alkanes of at least 4 members (excludes halogenated alkanes) is 24. The highest BCUT2D eigenvalue weighted by Gasteiger charge is 2.24. The molecule has 0 amide bonds. The van der Waals surface area contributed by atoms with Crippen LogP contribution in [-0.4, -0.2) is 25.2 Å². The predicted octanol–water partition coefficient (Wildman–Crippen LogP) is 10.9. The van der Waals surface area contributed by atoms with Crippen molar-refractivity contribution in [2.75, 3.05) is 13.6 Å². The van der Waals surface area contributed by atoms with E-state index in [4.69, 9.17) is 0 Å². The SMILES string of the molecule is CCCCCCCCCCCCCCCC(=O)C(CNC)C(=O)CCCCCCCCCCCCCCC. The lowest BCUT2D eigenvalue weighted by Gasteiger charge is -2.14. The van der Waals surface area contributed by atoms with Crippen molar-refractivity contribution >= 4 is 11.6 Å². The van der Waals surface area contributed by atoms with Crippen LogP contribution in [0.5, 0.6) is 0 Å². The minimum Gasteiger partial charge on any atom is -0.319 e. The maximum absolute atomic E-state index is 12.7. The van der Waals surface area contributed by atoms with E-state index in [2.05, 4.69) is 19.2 Å². The highest BCUT2D eigenvalue weighted by molar-refractivity contribution is 6.02. The normalized spacial score (nSPS) is 11.5. The van der Waals surface area contributed by atoms with Crippen molar-refractivity contribution in [3.63, 3.8) is 0 Å². The number of hydrogen-bond acceptors (Lipinski definition) is 3. The van der Waals surface area contributed by atoms with Crippen molar-refractivity contribution in [3.8, 4) is 0 Å². The molecule has 0 aromatic carbocycles. The van der Waals surface area contributed by atoms with Crippen LogP contribution < -0.4 is 5.32 Å². The number of rotatable bonds is 32. The summed E-state index contributed by atoms with van der Waals surface area (Å²) in [7, 11) is 1.85. The van der Waals surface area contributed by atoms with Gasteiger partial charge in [0.05, 0.1) is 5.92 Å². The molecule has 0 aliphatic heterocycles. The molecule has 3 nitrogen and oxygen atoms in total. The molecule has 38 heavy (non-hydrogen) atoms. The molecule has 1 N–H and O–H groups in total. The Hall–Kier alpha value is -0.700. The van der Waals surface area contributed by atoms with Crippen LogP contribution in [0.3, 0.4) is 0 Å². The van der Waals surface area contributed by atoms with Gasteiger partial charge < -0.3 is 5.32 Å². The minimum absolute atomic E-state index is 0.169. The van der Waals surface area contributed by atoms with Crippen molar-refractivity contribution in [1.29, 1.82) is 0 Å². The van der Waals surface area contributed by atoms with Gasteiger partial charge in [-0.15, -0.1) is 0 Å². The number of nitrogens with one attached hydrogen (secondary N) is 1. The lowest BCUT2D eigenvalue weighted by Crippen LogP contribution is -2.33. The average molecular weight is 536 g/mol. The summed E-state index contributed by atoms with van der Waals surface area (Å²) in [5, 5.41) is 3.09. The molecule has 226 valence electrons. The number of Topliss-reactive ketones (excluding diaryl/α,β-unsaturated/α-hetero) is 2. The summed E-state index contributed by atoms with van der Waals surface area (Å²) >= 11 is 0. The lowest BCUT2D eigenvalue weighted by atomic mass is 9.91. The maximum Gasteiger partial charge on any atom is 0.144 e. The number of ketones is 2. The Bertz CT molecular complexity index is 462. The first-order valence-corrected chi connectivity index (χ1v) is 17.4. The smallest absolute Gasteiger partial charge is 0.144 e. The predicted molar refractivity (Wildman–Crippen MR) is 168 cm³/mol. The van der Waals surface area contributed by atoms with Crippen LogP contribution in [0.1, 0.15) is 194 Å². The Balaban J connectivity index is 3.69. The molecular weight excluding hydrogens is 466 g/mol. The summed E-state index contributed by atoms with van der Waals surface area (Å²) in [6.45, 7) is 5.06. The van der Waals surface area contributed by atoms with Gasteiger partial charge in [0, 0.05) is 19.4 Å². The molecule has 0 aromatic heterocycles. The third kappa shape index (κ3) is 25.6. The van der Waals surface area contributed by atoms with E-state index >= 15 is 0 Å². The first kappa shape index (κ1) is 37.3. The largest absolute Gasteiger partial charge is 0.319 e. The van der Waals surface area contributed by atoms with Crippen molar-refractivity contribution in [3.05, 3.63) is 0 Å². The van der Waals surface area contributed by atoms with Crippen LogP contribution in [0.15, 0.2) is 0 Å². The molecule has 0 unspecified atom stereocenters. The average Bonchev–Trinajstić information content (AvgIpc) is 2.92. The van der Waals surface area contributed by atoms with Crippen molar-refractivity contribution < 1.29 is 9.59 Å². The molecule has 0 saturated heterocycles. The zero-order valence-corrected chi connectivity index (χ0v) is 26.4. The molecule has 0 aromatic rings. The molecule has 0 fully saturated rings. The van der Waals surface area contributed by atoms with E-state index < -0.39 is 5.92 Å². The van der Waals surface area contributed by atoms with Gasteiger partial charge in [-0.1, -0.05) is 168 Å². The van der Waals surface area contributed by atoms with Crippen LogP contribution in [-0.2, 0) is 9.59 Å². The van der Waals surface area contributed by atoms with Gasteiger partial charge in [0.2, 0.25) is 0 Å². The summed E-state index contributed by atoms with van der Waals surface area (Å²) in [5.41, 5.74) is 0. The van der Waals surface area contributed by atoms with Crippen molar-refractivity contribution in [1.82, 2.24) is 5.32 Å². The second-order valence-electron chi connectivity index (χ2n) is 12.0. The minimum atomic E-state index is -0.422. The summed E-state index contributed by atoms with van der Waals surface area (Å²) in [6, 6.07) is 0. The van der Waals surface area contributed by atoms with Gasteiger partial charge >= 0.3 is 0 Å². The topological polar surface area (TPSA) is 46.2 Å². The molecule has 0 radical (unpaired) electrons. The van der Waals surface area contributed by atoms with E-state index in [1.54, 1.807) is 0 Å². The monoisotopic (exact) mass is 536 g/mol. The molecule has 3 heteroatoms. The van der Waals surface area contributed by atoms with Gasteiger partial charge in [-0.3, -0.25) is 9.59 Å². The zero-order valence-electron chi connectivity index (χ0n) is 26.4. The molecule has 0 bridgehead atoms. The summed E-state index contributed by atoms with van der Waals surface area (Å²) in [4.78, 5) is 25.5. The molecule has 0 heterocycles. The zero-order chi connectivity index (χ0) is 27.9. The van der Waals surface area contributed by atoms with E-state index in [9.17, 15) is 9.59 Å². The summed E-state index contributed by atoms with van der Waals surface area (Å²) < 4.78 is 0. The third-order valence-corrected chi connectivity index (χ3v) is 8.24. The van der Waals surface area contributed by atoms with E-state index in [1.807, 2.05) is 7.05 Å². The highest BCUT2D eigenvalue weighted by Crippen LogP contribution is 2.17. The van der Waals surface area contributed by atoms with Crippen LogP contribution in [0.4, 0.5) is 0 Å². The quantitative estimate of drug-likeness (QED) is 0.0688. The molecule has 0 spiro atoms. The fourth-order valence-corrected chi connectivity index (χ4v) is 5.59. The van der Waals surface area contributed by atoms with Gasteiger partial charge in [0.15, 0.2) is 0 Å². The van der Waals surface area contributed by atoms with Gasteiger partial charge in [-0.25, -0.2) is 0 Å². The number of carbonyl (C=O) groups excluding carboxylic acids is 2. The highest BCUT2D eigenvalue weighted by atomic mass is 16.1. The molecular formula is C35H69NO2. The van der Waals surface area contributed by atoms with Crippen molar-refractivity contribution in [2.45, 2.75) is 194 Å². The van der Waals surface area contributed by atoms with Crippen LogP contribution in [0.2, 0.25) is 0 Å². The Labute approximate surface area is 239 Å². The number of carbonyl (C=O) groups is 2. The molecule has 0 rings (SSSR count). The molecule has 0 saturated carbocycles. The van der Waals surface area contributed by atoms with Gasteiger partial charge in [0.25, 0.3) is 0 Å². The fourth-order valence-electron chi connectivity index (χ4n) is 5.59. The Morgan fingerprint density at radius 3 is 0.895 bits per heavy atom. The van der Waals surface area contributed by atoms with Crippen LogP contribution >= 0.6 is 0 Å². The maximum atomic E-state index is 12.7. The second kappa shape index (κ2) is 30.8. The summed E-state index contributed by atoms with van der Waals surface area (Å²) in [5.74, 6) is -0.0844. The van der Waals surface area contributed by atoms with Gasteiger partial charge in [-0.2, -0.15) is 0 Å². The summed E-state index contributed by atoms with van der Waals surface area (Å²) in [6.07, 6.45) is 35.3. The third-order valence-electron chi connectivity index (χ3n) is 8.24. The van der Waals surface area contributed by atoms with E-state index in [1.165, 1.54) is 141 Å². The second-order valence-corrected chi connectivity index (χ2v) is 12.0. The Kier molecular flexibility index (Phi) is 30.3. The van der Waals surface area contributed by atoms with E-state index in [-0.39, 0.29) is 11.6 Å². The first-order chi connectivity index (χ1) is 18.7. The Morgan fingerprint density at radius 2 is 0.658 bits per heavy atom. The molecule has 0 atom stereocenters. The Morgan fingerprint density at radius 1 is 0.421 bits per heavy atom. The molecule has 0 aliphatic rings. The van der Waals surface area contributed by atoms with Gasteiger partial charge in [0.1, 0.15) is 11.6 Å². The molecule has 0 aliphatic carbocycles. The lowest BCUT2D eigenvalue weighted by molar-refractivity contribution is -0.132. The fraction of sp³-hybridized carbons (Fsp3) is 0.943. The van der Waals surface area contributed by atoms with Gasteiger partial charge in [-0.05, 0) is 19.9 Å².